The predicted octanol–water partition coefficient (Wildman–Crippen LogP) is 5.69. The molecule has 1 aliphatic heterocycles. The summed E-state index contributed by atoms with van der Waals surface area (Å²) < 4.78 is 12.9. The van der Waals surface area contributed by atoms with Gasteiger partial charge in [-0.15, -0.1) is 0 Å². The van der Waals surface area contributed by atoms with Gasteiger partial charge in [-0.3, -0.25) is 9.63 Å². The lowest BCUT2D eigenvalue weighted by Crippen LogP contribution is -2.49. The highest BCUT2D eigenvalue weighted by Crippen LogP contribution is 2.45. The minimum atomic E-state index is -1.46. The third-order valence-corrected chi connectivity index (χ3v) is 7.22. The van der Waals surface area contributed by atoms with E-state index in [9.17, 15) is 4.79 Å². The molecule has 0 bridgehead atoms. The van der Waals surface area contributed by atoms with E-state index in [1.807, 2.05) is 24.3 Å². The first-order valence-corrected chi connectivity index (χ1v) is 13.0. The molecule has 10 heteroatoms. The van der Waals surface area contributed by atoms with Gasteiger partial charge in [-0.05, 0) is 48.0 Å². The largest absolute Gasteiger partial charge is 0.494 e. The van der Waals surface area contributed by atoms with E-state index >= 15 is 0 Å². The molecule has 194 valence electrons. The molecular formula is C27H25BrCl2N2O5. The Kier molecular flexibility index (Phi) is 9.10. The highest BCUT2D eigenvalue weighted by molar-refractivity contribution is 9.10. The Morgan fingerprint density at radius 2 is 1.92 bits per heavy atom. The van der Waals surface area contributed by atoms with Crippen LogP contribution in [0.3, 0.4) is 0 Å². The van der Waals surface area contributed by atoms with Gasteiger partial charge in [0, 0.05) is 45.1 Å². The fraction of sp³-hybridized carbons (Fsp3) is 0.259. The Morgan fingerprint density at radius 1 is 1.16 bits per heavy atom. The smallest absolute Gasteiger partial charge is 0.276 e. The number of ether oxygens (including phenoxy) is 2. The second kappa shape index (κ2) is 12.3. The maximum Gasteiger partial charge on any atom is 0.276 e. The van der Waals surface area contributed by atoms with E-state index < -0.39 is 17.6 Å². The SMILES string of the molecule is CONC(=O)[C@@]1(Cc2ccccc2Br)N=C(c2ccc(OCCCO)cc2)O[C@H]1c1ccc(Cl)cc1Cl. The van der Waals surface area contributed by atoms with Crippen LogP contribution in [-0.2, 0) is 20.8 Å². The predicted molar refractivity (Wildman–Crippen MR) is 146 cm³/mol. The van der Waals surface area contributed by atoms with Gasteiger partial charge in [0.05, 0.1) is 13.7 Å². The number of rotatable bonds is 10. The molecule has 1 heterocycles. The second-order valence-electron chi connectivity index (χ2n) is 8.36. The standard InChI is InChI=1S/C27H25BrCl2N2O5/c1-35-32-26(34)27(16-18-5-2-3-6-22(18)28)24(21-12-9-19(29)15-23(21)30)37-25(31-27)17-7-10-20(11-8-17)36-14-4-13-33/h2-3,5-12,15,24,33H,4,13-14,16H2,1H3,(H,32,34)/t24-,27-/m0/s1. The molecule has 7 nitrogen and oxygen atoms in total. The average molecular weight is 608 g/mol. The maximum atomic E-state index is 13.7. The van der Waals surface area contributed by atoms with Gasteiger partial charge >= 0.3 is 0 Å². The summed E-state index contributed by atoms with van der Waals surface area (Å²) in [7, 11) is 1.37. The van der Waals surface area contributed by atoms with Crippen molar-refractivity contribution in [3.8, 4) is 5.75 Å². The van der Waals surface area contributed by atoms with Crippen LogP contribution in [0.5, 0.6) is 5.75 Å². The fourth-order valence-corrected chi connectivity index (χ4v) is 5.02. The molecule has 0 saturated heterocycles. The Bertz CT molecular complexity index is 1290. The van der Waals surface area contributed by atoms with Crippen molar-refractivity contribution < 1.29 is 24.2 Å². The third kappa shape index (κ3) is 6.10. The van der Waals surface area contributed by atoms with Crippen molar-refractivity contribution in [3.05, 3.63) is 97.9 Å². The molecule has 0 radical (unpaired) electrons. The number of carbonyl (C=O) groups is 1. The molecular weight excluding hydrogens is 583 g/mol. The molecule has 2 N–H and O–H groups in total. The molecule has 3 aromatic carbocycles. The molecule has 1 amide bonds. The number of carbonyl (C=O) groups excluding carboxylic acids is 1. The van der Waals surface area contributed by atoms with Gasteiger partial charge in [-0.1, -0.05) is 63.4 Å². The van der Waals surface area contributed by atoms with Crippen LogP contribution in [-0.4, -0.2) is 42.8 Å². The summed E-state index contributed by atoms with van der Waals surface area (Å²) in [5, 5.41) is 9.78. The summed E-state index contributed by atoms with van der Waals surface area (Å²) >= 11 is 16.3. The molecule has 0 saturated carbocycles. The fourth-order valence-electron chi connectivity index (χ4n) is 4.09. The lowest BCUT2D eigenvalue weighted by Gasteiger charge is -2.31. The number of halogens is 3. The number of hydrogen-bond acceptors (Lipinski definition) is 6. The van der Waals surface area contributed by atoms with Crippen molar-refractivity contribution in [3.63, 3.8) is 0 Å². The van der Waals surface area contributed by atoms with Crippen LogP contribution in [0.1, 0.15) is 29.2 Å². The van der Waals surface area contributed by atoms with Crippen LogP contribution >= 0.6 is 39.1 Å². The number of nitrogens with one attached hydrogen (secondary N) is 1. The van der Waals surface area contributed by atoms with E-state index in [4.69, 9.17) is 47.6 Å². The van der Waals surface area contributed by atoms with Crippen LogP contribution in [0.4, 0.5) is 0 Å². The number of benzene rings is 3. The van der Waals surface area contributed by atoms with Crippen molar-refractivity contribution in [2.75, 3.05) is 20.3 Å². The number of amides is 1. The van der Waals surface area contributed by atoms with E-state index in [0.717, 1.165) is 10.0 Å². The number of aliphatic hydroxyl groups is 1. The van der Waals surface area contributed by atoms with Crippen molar-refractivity contribution in [1.29, 1.82) is 0 Å². The topological polar surface area (TPSA) is 89.4 Å². The van der Waals surface area contributed by atoms with E-state index in [1.165, 1.54) is 7.11 Å². The van der Waals surface area contributed by atoms with Crippen molar-refractivity contribution >= 4 is 50.9 Å². The van der Waals surface area contributed by atoms with Crippen LogP contribution in [0.15, 0.2) is 76.2 Å². The first-order valence-electron chi connectivity index (χ1n) is 11.5. The highest BCUT2D eigenvalue weighted by Gasteiger charge is 2.54. The van der Waals surface area contributed by atoms with Crippen LogP contribution < -0.4 is 10.2 Å². The number of aliphatic hydroxyl groups excluding tert-OH is 1. The maximum absolute atomic E-state index is 13.7. The number of hydrogen-bond donors (Lipinski definition) is 2. The van der Waals surface area contributed by atoms with Crippen molar-refractivity contribution in [2.45, 2.75) is 24.5 Å². The summed E-state index contributed by atoms with van der Waals surface area (Å²) in [6, 6.07) is 19.8. The zero-order valence-corrected chi connectivity index (χ0v) is 23.0. The zero-order valence-electron chi connectivity index (χ0n) is 19.9. The molecule has 0 unspecified atom stereocenters. The van der Waals surface area contributed by atoms with Gasteiger partial charge in [-0.25, -0.2) is 10.5 Å². The van der Waals surface area contributed by atoms with E-state index in [1.54, 1.807) is 42.5 Å². The van der Waals surface area contributed by atoms with Crippen LogP contribution in [0, 0.1) is 0 Å². The van der Waals surface area contributed by atoms with E-state index in [-0.39, 0.29) is 18.9 Å². The van der Waals surface area contributed by atoms with Gasteiger partial charge in [0.1, 0.15) is 5.75 Å². The lowest BCUT2D eigenvalue weighted by molar-refractivity contribution is -0.139. The molecule has 2 atom stereocenters. The molecule has 3 aromatic rings. The minimum absolute atomic E-state index is 0.0561. The number of aliphatic imine (C=N–C) groups is 1. The molecule has 0 fully saturated rings. The Morgan fingerprint density at radius 3 is 2.59 bits per heavy atom. The van der Waals surface area contributed by atoms with Crippen molar-refractivity contribution in [2.24, 2.45) is 4.99 Å². The average Bonchev–Trinajstić information content (AvgIpc) is 3.26. The zero-order chi connectivity index (χ0) is 26.4. The Balaban J connectivity index is 1.80. The first-order chi connectivity index (χ1) is 17.9. The monoisotopic (exact) mass is 606 g/mol. The summed E-state index contributed by atoms with van der Waals surface area (Å²) in [5.74, 6) is 0.432. The summed E-state index contributed by atoms with van der Waals surface area (Å²) in [6.45, 7) is 0.456. The highest BCUT2D eigenvalue weighted by atomic mass is 79.9. The Labute approximate surface area is 233 Å². The van der Waals surface area contributed by atoms with Gasteiger partial charge in [-0.2, -0.15) is 0 Å². The van der Waals surface area contributed by atoms with Gasteiger partial charge in [0.25, 0.3) is 5.91 Å². The second-order valence-corrected chi connectivity index (χ2v) is 10.1. The number of nitrogens with zero attached hydrogens (tertiary/aromatic N) is 1. The summed E-state index contributed by atoms with van der Waals surface area (Å²) in [6.07, 6.45) is -0.151. The van der Waals surface area contributed by atoms with Crippen LogP contribution in [0.25, 0.3) is 0 Å². The Hall–Kier alpha value is -2.62. The summed E-state index contributed by atoms with van der Waals surface area (Å²) in [5.41, 5.74) is 3.07. The first kappa shape index (κ1) is 27.4. The molecule has 37 heavy (non-hydrogen) atoms. The van der Waals surface area contributed by atoms with E-state index in [0.29, 0.717) is 39.9 Å². The minimum Gasteiger partial charge on any atom is -0.494 e. The molecule has 1 aliphatic rings. The van der Waals surface area contributed by atoms with Crippen molar-refractivity contribution in [1.82, 2.24) is 5.48 Å². The normalized spacial score (nSPS) is 18.7. The molecule has 0 aromatic heterocycles. The van der Waals surface area contributed by atoms with Gasteiger partial charge in [0.15, 0.2) is 11.6 Å². The van der Waals surface area contributed by atoms with Crippen LogP contribution in [0.2, 0.25) is 10.0 Å². The summed E-state index contributed by atoms with van der Waals surface area (Å²) in [4.78, 5) is 23.6. The molecule has 4 rings (SSSR count). The van der Waals surface area contributed by atoms with E-state index in [2.05, 4.69) is 21.4 Å². The number of hydroxylamine groups is 1. The van der Waals surface area contributed by atoms with Gasteiger partial charge < -0.3 is 14.6 Å². The quantitative estimate of drug-likeness (QED) is 0.228. The van der Waals surface area contributed by atoms with Gasteiger partial charge in [0.2, 0.25) is 5.90 Å². The lowest BCUT2D eigenvalue weighted by atomic mass is 9.82. The molecule has 0 spiro atoms. The molecule has 0 aliphatic carbocycles. The third-order valence-electron chi connectivity index (χ3n) is 5.89.